The van der Waals surface area contributed by atoms with Crippen LogP contribution in [0.1, 0.15) is 380 Å². The van der Waals surface area contributed by atoms with Crippen LogP contribution < -0.4 is 0 Å². The van der Waals surface area contributed by atoms with Crippen molar-refractivity contribution in [2.45, 2.75) is 399 Å². The quantitative estimate of drug-likeness (QED) is 0.0146. The number of aliphatic hydroxyl groups is 2. The maximum absolute atomic E-state index is 13.0. The van der Waals surface area contributed by atoms with Crippen molar-refractivity contribution in [3.63, 3.8) is 0 Å². The molecule has 0 aromatic rings. The first kappa shape index (κ1) is 112. The van der Waals surface area contributed by atoms with Gasteiger partial charge in [0.05, 0.1) is 26.4 Å². The van der Waals surface area contributed by atoms with E-state index in [1.165, 1.54) is 141 Å². The molecule has 0 saturated heterocycles. The van der Waals surface area contributed by atoms with E-state index in [1.54, 1.807) is 0 Å². The van der Waals surface area contributed by atoms with Gasteiger partial charge in [0.15, 0.2) is 6.10 Å². The molecule has 5 atom stereocenters. The summed E-state index contributed by atoms with van der Waals surface area (Å²) in [7, 11) is -9.80. The summed E-state index contributed by atoms with van der Waals surface area (Å²) in [6.07, 6.45) is 117. The van der Waals surface area contributed by atoms with Gasteiger partial charge in [0.2, 0.25) is 0 Å². The number of carbonyl (C=O) groups excluding carboxylic acids is 3. The van der Waals surface area contributed by atoms with Gasteiger partial charge in [0, 0.05) is 19.3 Å². The van der Waals surface area contributed by atoms with Crippen molar-refractivity contribution in [3.8, 4) is 0 Å². The fourth-order valence-electron chi connectivity index (χ4n) is 12.4. The number of aliphatic hydroxyl groups excluding tert-OH is 2. The molecule has 0 aromatic heterocycles. The van der Waals surface area contributed by atoms with Crippen LogP contribution in [0.3, 0.4) is 0 Å². The third kappa shape index (κ3) is 91.5. The molecule has 16 nitrogen and oxygen atoms in total. The minimum atomic E-state index is -4.94. The van der Waals surface area contributed by atoms with E-state index < -0.39 is 91.5 Å². The zero-order valence-corrected chi connectivity index (χ0v) is 75.6. The lowest BCUT2D eigenvalue weighted by molar-refractivity contribution is -0.161. The van der Waals surface area contributed by atoms with E-state index >= 15 is 0 Å². The van der Waals surface area contributed by atoms with Gasteiger partial charge in [-0.05, 0) is 148 Å². The summed E-state index contributed by atoms with van der Waals surface area (Å²) in [6, 6.07) is 0. The Morgan fingerprint density at radius 3 is 0.718 bits per heavy atom. The number of hydrogen-bond acceptors (Lipinski definition) is 14. The molecule has 5 unspecified atom stereocenters. The molecule has 0 amide bonds. The molecule has 0 heterocycles. The fourth-order valence-corrected chi connectivity index (χ4v) is 14.0. The lowest BCUT2D eigenvalue weighted by atomic mass is 10.0. The van der Waals surface area contributed by atoms with E-state index in [9.17, 15) is 43.5 Å². The van der Waals surface area contributed by atoms with E-state index in [4.69, 9.17) is 32.3 Å². The standard InChI is InChI=1S/C99H168O16P2/c1-4-7-10-13-16-19-22-25-27-29-31-33-35-37-39-41-43-45-46-48-50-51-53-55-57-59-61-63-65-68-70-73-76-79-82-85-97(102)109-88-94(100)89-111-116(105,106)112-90-95(101)91-113-117(107,108)114-93-96(115-99(104)87-84-81-78-75-72-67-24-21-18-15-12-9-6-3)92-110-98(103)86-83-80-77-74-71-69-66-64-62-60-58-56-54-52-49-47-44-42-40-38-36-34-32-30-28-26-23-20-17-14-11-8-5-2/h7-8,10-12,15-17,19-21,24-28,31-34,37-40,43-45,47,94-96,100-101H,4-6,9,13-14,18,22-23,29-30,35-36,41-42,46,48-93H2,1-3H3,(H,105,106)(H,107,108)/b10-7-,11-8-,15-12-,19-16-,20-17-,24-21-,27-25-,28-26-,33-31-,34-32-,39-37-,40-38-,45-43-,47-44-. The number of rotatable bonds is 87. The number of phosphoric ester groups is 2. The number of ether oxygens (including phenoxy) is 3. The van der Waals surface area contributed by atoms with Crippen LogP contribution in [0.5, 0.6) is 0 Å². The molecule has 117 heavy (non-hydrogen) atoms. The maximum Gasteiger partial charge on any atom is 0.472 e. The molecule has 0 aliphatic rings. The average molecular weight is 1680 g/mol. The highest BCUT2D eigenvalue weighted by molar-refractivity contribution is 7.47. The first-order chi connectivity index (χ1) is 57.2. The SMILES string of the molecule is CC/C=C\C/C=C\C/C=C\C/C=C\C/C=C\C/C=C\CCCCCCCCCCCCCCCCCCC(=O)OCC(O)COP(=O)(O)OCC(O)COP(=O)(O)OCC(COC(=O)CCCCCCCCCCCCCCCC/C=C\C/C=C\C/C=C\C/C=C\C/C=C\C/C=C\CC)OC(=O)CCCCCCC/C=C\C/C=C\CCC. The van der Waals surface area contributed by atoms with Gasteiger partial charge in [-0.3, -0.25) is 32.5 Å². The van der Waals surface area contributed by atoms with Crippen LogP contribution in [0, 0.1) is 0 Å². The van der Waals surface area contributed by atoms with Gasteiger partial charge < -0.3 is 34.2 Å². The second-order valence-electron chi connectivity index (χ2n) is 30.7. The minimum absolute atomic E-state index is 0.0863. The third-order valence-corrected chi connectivity index (χ3v) is 21.3. The molecule has 0 aromatic carbocycles. The zero-order valence-electron chi connectivity index (χ0n) is 73.8. The van der Waals surface area contributed by atoms with E-state index in [2.05, 4.69) is 191 Å². The van der Waals surface area contributed by atoms with E-state index in [1.807, 2.05) is 0 Å². The summed E-state index contributed by atoms with van der Waals surface area (Å²) in [5.74, 6) is -1.58. The van der Waals surface area contributed by atoms with Crippen LogP contribution in [-0.4, -0.2) is 95.9 Å². The van der Waals surface area contributed by atoms with Gasteiger partial charge in [-0.2, -0.15) is 0 Å². The smallest absolute Gasteiger partial charge is 0.463 e. The first-order valence-electron chi connectivity index (χ1n) is 46.4. The summed E-state index contributed by atoms with van der Waals surface area (Å²) in [6.45, 7) is 2.40. The summed E-state index contributed by atoms with van der Waals surface area (Å²) in [5, 5.41) is 20.7. The highest BCUT2D eigenvalue weighted by atomic mass is 31.2. The topological polar surface area (TPSA) is 231 Å². The monoisotopic (exact) mass is 1680 g/mol. The van der Waals surface area contributed by atoms with E-state index in [0.717, 1.165) is 180 Å². The number of hydrogen-bond donors (Lipinski definition) is 4. The first-order valence-corrected chi connectivity index (χ1v) is 49.4. The van der Waals surface area contributed by atoms with Crippen molar-refractivity contribution in [2.75, 3.05) is 39.6 Å². The predicted molar refractivity (Wildman–Crippen MR) is 491 cm³/mol. The Labute approximate surface area is 713 Å². The third-order valence-electron chi connectivity index (χ3n) is 19.4. The largest absolute Gasteiger partial charge is 0.472 e. The molecule has 0 saturated carbocycles. The van der Waals surface area contributed by atoms with Gasteiger partial charge in [0.25, 0.3) is 0 Å². The van der Waals surface area contributed by atoms with Crippen molar-refractivity contribution in [1.82, 2.24) is 0 Å². The second kappa shape index (κ2) is 90.2. The predicted octanol–water partition coefficient (Wildman–Crippen LogP) is 28.7. The van der Waals surface area contributed by atoms with Gasteiger partial charge >= 0.3 is 33.6 Å². The Kier molecular flexibility index (Phi) is 86.2. The van der Waals surface area contributed by atoms with Crippen LogP contribution in [-0.2, 0) is 55.8 Å². The Balaban J connectivity index is 4.39. The normalized spacial score (nSPS) is 14.6. The van der Waals surface area contributed by atoms with Crippen LogP contribution in [0.4, 0.5) is 0 Å². The van der Waals surface area contributed by atoms with E-state index in [-0.39, 0.29) is 19.3 Å². The summed E-state index contributed by atoms with van der Waals surface area (Å²) < 4.78 is 61.4. The zero-order chi connectivity index (χ0) is 85.1. The highest BCUT2D eigenvalue weighted by Gasteiger charge is 2.29. The number of carbonyl (C=O) groups is 3. The number of phosphoric acid groups is 2. The van der Waals surface area contributed by atoms with Gasteiger partial charge in [-0.25, -0.2) is 9.13 Å². The summed E-state index contributed by atoms with van der Waals surface area (Å²) in [4.78, 5) is 58.9. The van der Waals surface area contributed by atoms with Gasteiger partial charge in [-0.1, -0.05) is 384 Å². The van der Waals surface area contributed by atoms with Crippen molar-refractivity contribution < 1.29 is 75.8 Å². The Morgan fingerprint density at radius 2 is 0.453 bits per heavy atom. The fraction of sp³-hybridized carbons (Fsp3) is 0.687. The molecular formula is C99H168O16P2. The Hall–Kier alpha value is -5.09. The summed E-state index contributed by atoms with van der Waals surface area (Å²) >= 11 is 0. The lowest BCUT2D eigenvalue weighted by Crippen LogP contribution is -2.30. The highest BCUT2D eigenvalue weighted by Crippen LogP contribution is 2.45. The molecular weight excluding hydrogens is 1510 g/mol. The molecule has 18 heteroatoms. The molecule has 670 valence electrons. The van der Waals surface area contributed by atoms with Crippen LogP contribution in [0.2, 0.25) is 0 Å². The second-order valence-corrected chi connectivity index (χ2v) is 33.6. The molecule has 0 aliphatic heterocycles. The number of allylic oxidation sites excluding steroid dienone is 28. The van der Waals surface area contributed by atoms with Crippen molar-refractivity contribution >= 4 is 33.6 Å². The maximum atomic E-state index is 13.0. The number of unbranched alkanes of at least 4 members (excludes halogenated alkanes) is 36. The molecule has 4 N–H and O–H groups in total. The van der Waals surface area contributed by atoms with Crippen LogP contribution in [0.15, 0.2) is 170 Å². The van der Waals surface area contributed by atoms with Crippen molar-refractivity contribution in [3.05, 3.63) is 170 Å². The van der Waals surface area contributed by atoms with Gasteiger partial charge in [0.1, 0.15) is 25.4 Å². The lowest BCUT2D eigenvalue weighted by Gasteiger charge is -2.21. The average Bonchev–Trinajstić information content (AvgIpc) is 0.900. The van der Waals surface area contributed by atoms with Crippen molar-refractivity contribution in [2.24, 2.45) is 0 Å². The molecule has 0 spiro atoms. The molecule has 0 fully saturated rings. The Bertz CT molecular complexity index is 2810. The molecule has 0 radical (unpaired) electrons. The van der Waals surface area contributed by atoms with Crippen LogP contribution >= 0.6 is 15.6 Å². The Morgan fingerprint density at radius 1 is 0.248 bits per heavy atom. The molecule has 0 rings (SSSR count). The van der Waals surface area contributed by atoms with Gasteiger partial charge in [-0.15, -0.1) is 0 Å². The van der Waals surface area contributed by atoms with E-state index in [0.29, 0.717) is 19.3 Å². The summed E-state index contributed by atoms with van der Waals surface area (Å²) in [5.41, 5.74) is 0. The molecule has 0 aliphatic carbocycles. The minimum Gasteiger partial charge on any atom is -0.463 e. The number of esters is 3. The van der Waals surface area contributed by atoms with Crippen LogP contribution in [0.25, 0.3) is 0 Å². The molecule has 0 bridgehead atoms. The van der Waals surface area contributed by atoms with Crippen molar-refractivity contribution in [1.29, 1.82) is 0 Å².